The molecule has 1 unspecified atom stereocenters. The Morgan fingerprint density at radius 2 is 1.96 bits per heavy atom. The van der Waals surface area contributed by atoms with E-state index in [1.165, 1.54) is 0 Å². The molecule has 0 spiro atoms. The monoisotopic (exact) mass is 411 g/mol. The lowest BCUT2D eigenvalue weighted by Crippen LogP contribution is -2.44. The van der Waals surface area contributed by atoms with E-state index >= 15 is 0 Å². The van der Waals surface area contributed by atoms with E-state index in [0.29, 0.717) is 32.4 Å². The van der Waals surface area contributed by atoms with Crippen LogP contribution in [-0.4, -0.2) is 40.8 Å². The van der Waals surface area contributed by atoms with Crippen LogP contribution in [0.25, 0.3) is 0 Å². The molecule has 2 rings (SSSR count). The zero-order valence-electron chi connectivity index (χ0n) is 15.0. The molecule has 0 aliphatic carbocycles. The first kappa shape index (κ1) is 19.8. The van der Waals surface area contributed by atoms with E-state index in [1.807, 2.05) is 45.0 Å². The molecule has 5 nitrogen and oxygen atoms in total. The number of benzene rings is 1. The zero-order chi connectivity index (χ0) is 18.6. The Bertz CT molecular complexity index is 618. The van der Waals surface area contributed by atoms with Gasteiger partial charge in [0.2, 0.25) is 0 Å². The third-order valence-electron chi connectivity index (χ3n) is 4.42. The standard InChI is InChI=1S/C19H26BrNO4/c1-19(2,3)25-18(24)21-9-7-14(8-10-21)16(17(22)23)12-13-5-4-6-15(20)11-13/h4-6,11,14,16H,7-10,12H2,1-3H3,(H,22,23). The first-order valence-corrected chi connectivity index (χ1v) is 9.40. The predicted molar refractivity (Wildman–Crippen MR) is 99.5 cm³/mol. The second-order valence-electron chi connectivity index (χ2n) is 7.58. The molecule has 1 heterocycles. The first-order valence-electron chi connectivity index (χ1n) is 8.61. The topological polar surface area (TPSA) is 66.8 Å². The lowest BCUT2D eigenvalue weighted by atomic mass is 9.81. The van der Waals surface area contributed by atoms with Crippen LogP contribution in [0.15, 0.2) is 28.7 Å². The Hall–Kier alpha value is -1.56. The van der Waals surface area contributed by atoms with Gasteiger partial charge in [0, 0.05) is 17.6 Å². The smallest absolute Gasteiger partial charge is 0.410 e. The third-order valence-corrected chi connectivity index (χ3v) is 4.92. The van der Waals surface area contributed by atoms with E-state index < -0.39 is 17.5 Å². The van der Waals surface area contributed by atoms with Gasteiger partial charge < -0.3 is 14.7 Å². The van der Waals surface area contributed by atoms with E-state index in [2.05, 4.69) is 15.9 Å². The molecule has 0 radical (unpaired) electrons. The number of likely N-dealkylation sites (tertiary alicyclic amines) is 1. The van der Waals surface area contributed by atoms with Crippen molar-refractivity contribution in [1.29, 1.82) is 0 Å². The summed E-state index contributed by atoms with van der Waals surface area (Å²) in [6, 6.07) is 7.77. The highest BCUT2D eigenvalue weighted by molar-refractivity contribution is 9.10. The number of carboxylic acid groups (broad SMARTS) is 1. The Balaban J connectivity index is 1.96. The lowest BCUT2D eigenvalue weighted by molar-refractivity contribution is -0.144. The van der Waals surface area contributed by atoms with Crippen molar-refractivity contribution < 1.29 is 19.4 Å². The van der Waals surface area contributed by atoms with E-state index in [4.69, 9.17) is 4.74 Å². The van der Waals surface area contributed by atoms with Crippen LogP contribution >= 0.6 is 15.9 Å². The number of carbonyl (C=O) groups is 2. The van der Waals surface area contributed by atoms with Crippen molar-refractivity contribution in [2.75, 3.05) is 13.1 Å². The number of hydrogen-bond acceptors (Lipinski definition) is 3. The minimum atomic E-state index is -0.768. The molecule has 1 saturated heterocycles. The number of nitrogens with zero attached hydrogens (tertiary/aromatic N) is 1. The molecule has 6 heteroatoms. The summed E-state index contributed by atoms with van der Waals surface area (Å²) in [6.45, 7) is 6.62. The number of amides is 1. The summed E-state index contributed by atoms with van der Waals surface area (Å²) >= 11 is 3.43. The summed E-state index contributed by atoms with van der Waals surface area (Å²) in [5.74, 6) is -1.14. The fourth-order valence-electron chi connectivity index (χ4n) is 3.18. The second kappa shape index (κ2) is 8.21. The van der Waals surface area contributed by atoms with E-state index in [-0.39, 0.29) is 12.0 Å². The predicted octanol–water partition coefficient (Wildman–Crippen LogP) is 4.34. The number of ether oxygens (including phenoxy) is 1. The molecule has 1 N–H and O–H groups in total. The normalized spacial score (nSPS) is 17.2. The highest BCUT2D eigenvalue weighted by Gasteiger charge is 2.34. The fourth-order valence-corrected chi connectivity index (χ4v) is 3.63. The molecule has 1 atom stereocenters. The number of hydrogen-bond donors (Lipinski definition) is 1. The van der Waals surface area contributed by atoms with Crippen LogP contribution < -0.4 is 0 Å². The van der Waals surface area contributed by atoms with E-state index in [1.54, 1.807) is 4.90 Å². The number of carboxylic acids is 1. The molecule has 1 fully saturated rings. The van der Waals surface area contributed by atoms with Gasteiger partial charge in [0.1, 0.15) is 5.60 Å². The zero-order valence-corrected chi connectivity index (χ0v) is 16.6. The van der Waals surface area contributed by atoms with E-state index in [0.717, 1.165) is 10.0 Å². The molecule has 25 heavy (non-hydrogen) atoms. The van der Waals surface area contributed by atoms with Gasteiger partial charge in [-0.1, -0.05) is 28.1 Å². The van der Waals surface area contributed by atoms with Crippen molar-refractivity contribution in [3.63, 3.8) is 0 Å². The maximum Gasteiger partial charge on any atom is 0.410 e. The maximum atomic E-state index is 12.1. The van der Waals surface area contributed by atoms with Crippen LogP contribution in [0.4, 0.5) is 4.79 Å². The Morgan fingerprint density at radius 1 is 1.32 bits per heavy atom. The maximum absolute atomic E-state index is 12.1. The number of piperidine rings is 1. The van der Waals surface area contributed by atoms with Crippen molar-refractivity contribution in [1.82, 2.24) is 4.90 Å². The molecule has 1 aliphatic rings. The lowest BCUT2D eigenvalue weighted by Gasteiger charge is -2.35. The Kier molecular flexibility index (Phi) is 6.49. The summed E-state index contributed by atoms with van der Waals surface area (Å²) < 4.78 is 6.35. The van der Waals surface area contributed by atoms with Crippen molar-refractivity contribution in [2.24, 2.45) is 11.8 Å². The van der Waals surface area contributed by atoms with E-state index in [9.17, 15) is 14.7 Å². The van der Waals surface area contributed by atoms with Crippen LogP contribution in [0.3, 0.4) is 0 Å². The summed E-state index contributed by atoms with van der Waals surface area (Å²) in [7, 11) is 0. The summed E-state index contributed by atoms with van der Waals surface area (Å²) in [5, 5.41) is 9.67. The molecule has 0 aromatic heterocycles. The van der Waals surface area contributed by atoms with Gasteiger partial charge in [0.25, 0.3) is 0 Å². The van der Waals surface area contributed by atoms with Gasteiger partial charge in [0.15, 0.2) is 0 Å². The molecule has 1 aromatic carbocycles. The summed E-state index contributed by atoms with van der Waals surface area (Å²) in [4.78, 5) is 25.6. The number of aliphatic carboxylic acids is 1. The molecule has 0 saturated carbocycles. The van der Waals surface area contributed by atoms with Crippen molar-refractivity contribution in [3.8, 4) is 0 Å². The Morgan fingerprint density at radius 3 is 2.48 bits per heavy atom. The quantitative estimate of drug-likeness (QED) is 0.799. The molecular weight excluding hydrogens is 386 g/mol. The minimum absolute atomic E-state index is 0.0650. The minimum Gasteiger partial charge on any atom is -0.481 e. The molecular formula is C19H26BrNO4. The third kappa shape index (κ3) is 6.03. The molecule has 1 aliphatic heterocycles. The highest BCUT2D eigenvalue weighted by atomic mass is 79.9. The van der Waals surface area contributed by atoms with Crippen molar-refractivity contribution in [3.05, 3.63) is 34.3 Å². The Labute approximate surface area is 157 Å². The van der Waals surface area contributed by atoms with Crippen LogP contribution in [-0.2, 0) is 16.0 Å². The van der Waals surface area contributed by atoms with Crippen LogP contribution in [0.5, 0.6) is 0 Å². The van der Waals surface area contributed by atoms with Crippen molar-refractivity contribution >= 4 is 28.0 Å². The average molecular weight is 412 g/mol. The van der Waals surface area contributed by atoms with Gasteiger partial charge >= 0.3 is 12.1 Å². The van der Waals surface area contributed by atoms with Gasteiger partial charge in [-0.05, 0) is 63.6 Å². The van der Waals surface area contributed by atoms with Crippen LogP contribution in [0.2, 0.25) is 0 Å². The molecule has 1 aromatic rings. The van der Waals surface area contributed by atoms with Gasteiger partial charge in [-0.25, -0.2) is 4.79 Å². The highest BCUT2D eigenvalue weighted by Crippen LogP contribution is 2.29. The summed E-state index contributed by atoms with van der Waals surface area (Å²) in [6.07, 6.45) is 1.56. The second-order valence-corrected chi connectivity index (χ2v) is 8.50. The molecule has 0 bridgehead atoms. The largest absolute Gasteiger partial charge is 0.481 e. The van der Waals surface area contributed by atoms with Gasteiger partial charge in [-0.2, -0.15) is 0 Å². The molecule has 1 amide bonds. The van der Waals surface area contributed by atoms with Gasteiger partial charge in [-0.3, -0.25) is 4.79 Å². The van der Waals surface area contributed by atoms with Crippen LogP contribution in [0, 0.1) is 11.8 Å². The number of halogens is 1. The first-order chi connectivity index (χ1) is 11.7. The molecule has 138 valence electrons. The average Bonchev–Trinajstić information content (AvgIpc) is 2.51. The van der Waals surface area contributed by atoms with Crippen molar-refractivity contribution in [2.45, 2.75) is 45.6 Å². The SMILES string of the molecule is CC(C)(C)OC(=O)N1CCC(C(Cc2cccc(Br)c2)C(=O)O)CC1. The summed E-state index contributed by atoms with van der Waals surface area (Å²) in [5.41, 5.74) is 0.495. The number of carbonyl (C=O) groups excluding carboxylic acids is 1. The van der Waals surface area contributed by atoms with Gasteiger partial charge in [0.05, 0.1) is 5.92 Å². The number of rotatable bonds is 4. The fraction of sp³-hybridized carbons (Fsp3) is 0.579. The van der Waals surface area contributed by atoms with Crippen LogP contribution in [0.1, 0.15) is 39.2 Å². The van der Waals surface area contributed by atoms with Gasteiger partial charge in [-0.15, -0.1) is 0 Å².